The predicted molar refractivity (Wildman–Crippen MR) is 46.5 cm³/mol. The van der Waals surface area contributed by atoms with Crippen molar-refractivity contribution in [1.29, 1.82) is 0 Å². The molecule has 0 unspecified atom stereocenters. The van der Waals surface area contributed by atoms with Gasteiger partial charge >= 0.3 is 0 Å². The summed E-state index contributed by atoms with van der Waals surface area (Å²) in [6.07, 6.45) is 0. The summed E-state index contributed by atoms with van der Waals surface area (Å²) in [4.78, 5) is 0.745. The topological polar surface area (TPSA) is 38.0 Å². The zero-order valence-electron chi connectivity index (χ0n) is 5.13. The lowest BCUT2D eigenvalue weighted by molar-refractivity contribution is 1.29. The number of benzene rings is 1. The van der Waals surface area contributed by atoms with E-state index in [-0.39, 0.29) is 0 Å². The minimum Gasteiger partial charge on any atom is -0.322 e. The van der Waals surface area contributed by atoms with Crippen LogP contribution < -0.4 is 11.3 Å². The van der Waals surface area contributed by atoms with Crippen LogP contribution in [0.25, 0.3) is 0 Å². The fourth-order valence-corrected chi connectivity index (χ4v) is 1.22. The first-order valence-electron chi connectivity index (χ1n) is 2.70. The second-order valence-electron chi connectivity index (χ2n) is 1.78. The SMILES string of the molecule is NNc1c(S)cccc1Cl. The maximum Gasteiger partial charge on any atom is 0.0807 e. The third-order valence-electron chi connectivity index (χ3n) is 1.14. The minimum absolute atomic E-state index is 0.579. The molecule has 0 aliphatic carbocycles. The molecule has 0 spiro atoms. The molecule has 10 heavy (non-hydrogen) atoms. The van der Waals surface area contributed by atoms with Gasteiger partial charge in [-0.15, -0.1) is 12.6 Å². The van der Waals surface area contributed by atoms with Crippen molar-refractivity contribution in [3.05, 3.63) is 23.2 Å². The van der Waals surface area contributed by atoms with Gasteiger partial charge in [0.2, 0.25) is 0 Å². The van der Waals surface area contributed by atoms with Crippen LogP contribution in [0.5, 0.6) is 0 Å². The molecule has 1 aromatic rings. The van der Waals surface area contributed by atoms with Crippen LogP contribution in [0.4, 0.5) is 5.69 Å². The standard InChI is InChI=1S/C6H7ClN2S/c7-4-2-1-3-5(10)6(4)9-8/h1-3,9-10H,8H2. The zero-order chi connectivity index (χ0) is 7.56. The molecule has 3 N–H and O–H groups in total. The Morgan fingerprint density at radius 1 is 1.50 bits per heavy atom. The smallest absolute Gasteiger partial charge is 0.0807 e. The van der Waals surface area contributed by atoms with E-state index in [4.69, 9.17) is 17.4 Å². The summed E-state index contributed by atoms with van der Waals surface area (Å²) in [5, 5.41) is 0.579. The van der Waals surface area contributed by atoms with Crippen molar-refractivity contribution in [1.82, 2.24) is 0 Å². The molecule has 0 aromatic heterocycles. The molecule has 0 aliphatic heterocycles. The van der Waals surface area contributed by atoms with Crippen LogP contribution in [-0.4, -0.2) is 0 Å². The van der Waals surface area contributed by atoms with Crippen molar-refractivity contribution in [2.24, 2.45) is 5.84 Å². The first-order valence-corrected chi connectivity index (χ1v) is 3.52. The molecule has 0 radical (unpaired) electrons. The highest BCUT2D eigenvalue weighted by atomic mass is 35.5. The summed E-state index contributed by atoms with van der Waals surface area (Å²) in [5.41, 5.74) is 3.11. The number of nitrogens with two attached hydrogens (primary N) is 1. The van der Waals surface area contributed by atoms with E-state index in [2.05, 4.69) is 18.1 Å². The molecule has 0 fully saturated rings. The monoisotopic (exact) mass is 174 g/mol. The third kappa shape index (κ3) is 1.37. The molecule has 1 rings (SSSR count). The van der Waals surface area contributed by atoms with Crippen molar-refractivity contribution < 1.29 is 0 Å². The molecule has 0 amide bonds. The minimum atomic E-state index is 0.579. The van der Waals surface area contributed by atoms with Crippen LogP contribution in [0.3, 0.4) is 0 Å². The number of hydrazine groups is 1. The predicted octanol–water partition coefficient (Wildman–Crippen LogP) is 1.91. The molecule has 0 saturated carbocycles. The average molecular weight is 175 g/mol. The van der Waals surface area contributed by atoms with E-state index >= 15 is 0 Å². The molecule has 0 atom stereocenters. The zero-order valence-corrected chi connectivity index (χ0v) is 6.78. The molecule has 54 valence electrons. The van der Waals surface area contributed by atoms with Crippen LogP contribution >= 0.6 is 24.2 Å². The fraction of sp³-hybridized carbons (Fsp3) is 0. The molecule has 4 heteroatoms. The number of halogens is 1. The lowest BCUT2D eigenvalue weighted by Crippen LogP contribution is -2.07. The Morgan fingerprint density at radius 2 is 2.20 bits per heavy atom. The van der Waals surface area contributed by atoms with E-state index in [9.17, 15) is 0 Å². The molecule has 0 aliphatic rings. The summed E-state index contributed by atoms with van der Waals surface area (Å²) < 4.78 is 0. The maximum absolute atomic E-state index is 5.74. The van der Waals surface area contributed by atoms with Crippen molar-refractivity contribution >= 4 is 29.9 Å². The summed E-state index contributed by atoms with van der Waals surface area (Å²) in [7, 11) is 0. The van der Waals surface area contributed by atoms with Crippen LogP contribution in [0, 0.1) is 0 Å². The van der Waals surface area contributed by atoms with Gasteiger partial charge < -0.3 is 5.43 Å². The first-order chi connectivity index (χ1) is 4.75. The lowest BCUT2D eigenvalue weighted by atomic mass is 10.3. The molecule has 2 nitrogen and oxygen atoms in total. The molecular formula is C6H7ClN2S. The van der Waals surface area contributed by atoms with Gasteiger partial charge in [-0.1, -0.05) is 17.7 Å². The number of nitrogens with one attached hydrogen (secondary N) is 1. The Hall–Kier alpha value is -0.380. The Labute approximate surface area is 69.7 Å². The second kappa shape index (κ2) is 3.14. The normalized spacial score (nSPS) is 9.50. The maximum atomic E-state index is 5.74. The number of rotatable bonds is 1. The second-order valence-corrected chi connectivity index (χ2v) is 2.67. The number of hydrogen-bond donors (Lipinski definition) is 3. The van der Waals surface area contributed by atoms with Crippen LogP contribution in [-0.2, 0) is 0 Å². The molecule has 0 saturated heterocycles. The Bertz CT molecular complexity index is 219. The van der Waals surface area contributed by atoms with Gasteiger partial charge in [-0.3, -0.25) is 5.84 Å². The molecule has 0 heterocycles. The molecule has 0 bridgehead atoms. The van der Waals surface area contributed by atoms with Gasteiger partial charge in [0.15, 0.2) is 0 Å². The van der Waals surface area contributed by atoms with Gasteiger partial charge in [-0.25, -0.2) is 0 Å². The van der Waals surface area contributed by atoms with Crippen molar-refractivity contribution in [2.45, 2.75) is 4.90 Å². The number of anilines is 1. The van der Waals surface area contributed by atoms with Gasteiger partial charge in [0.1, 0.15) is 0 Å². The number of thiol groups is 1. The Balaban J connectivity index is 3.17. The van der Waals surface area contributed by atoms with Gasteiger partial charge in [0.05, 0.1) is 10.7 Å². The molecule has 1 aromatic carbocycles. The van der Waals surface area contributed by atoms with Gasteiger partial charge in [-0.2, -0.15) is 0 Å². The summed E-state index contributed by atoms with van der Waals surface area (Å²) in [6.45, 7) is 0. The highest BCUT2D eigenvalue weighted by Gasteiger charge is 1.99. The summed E-state index contributed by atoms with van der Waals surface area (Å²) in [5.74, 6) is 5.17. The Kier molecular flexibility index (Phi) is 2.43. The van der Waals surface area contributed by atoms with Gasteiger partial charge in [0.25, 0.3) is 0 Å². The van der Waals surface area contributed by atoms with E-state index in [1.807, 2.05) is 12.1 Å². The molecular weight excluding hydrogens is 168 g/mol. The lowest BCUT2D eigenvalue weighted by Gasteiger charge is -2.04. The van der Waals surface area contributed by atoms with E-state index < -0.39 is 0 Å². The van der Waals surface area contributed by atoms with Crippen LogP contribution in [0.1, 0.15) is 0 Å². The van der Waals surface area contributed by atoms with E-state index in [0.717, 1.165) is 4.90 Å². The number of nitrogen functional groups attached to an aromatic ring is 1. The van der Waals surface area contributed by atoms with Gasteiger partial charge in [-0.05, 0) is 12.1 Å². The quantitative estimate of drug-likeness (QED) is 0.346. The largest absolute Gasteiger partial charge is 0.322 e. The van der Waals surface area contributed by atoms with Crippen LogP contribution in [0.2, 0.25) is 5.02 Å². The van der Waals surface area contributed by atoms with Gasteiger partial charge in [0, 0.05) is 4.90 Å². The summed E-state index contributed by atoms with van der Waals surface area (Å²) >= 11 is 9.86. The highest BCUT2D eigenvalue weighted by Crippen LogP contribution is 2.26. The Morgan fingerprint density at radius 3 is 2.60 bits per heavy atom. The van der Waals surface area contributed by atoms with Crippen LogP contribution in [0.15, 0.2) is 23.1 Å². The fourth-order valence-electron chi connectivity index (χ4n) is 0.656. The van der Waals surface area contributed by atoms with E-state index in [1.165, 1.54) is 0 Å². The van der Waals surface area contributed by atoms with E-state index in [1.54, 1.807) is 6.07 Å². The highest BCUT2D eigenvalue weighted by molar-refractivity contribution is 7.80. The number of hydrogen-bond acceptors (Lipinski definition) is 3. The van der Waals surface area contributed by atoms with Crippen molar-refractivity contribution in [3.63, 3.8) is 0 Å². The average Bonchev–Trinajstić information content (AvgIpc) is 1.88. The van der Waals surface area contributed by atoms with E-state index in [0.29, 0.717) is 10.7 Å². The number of para-hydroxylation sites is 1. The first kappa shape index (κ1) is 7.72. The van der Waals surface area contributed by atoms with Crippen molar-refractivity contribution in [2.75, 3.05) is 5.43 Å². The summed E-state index contributed by atoms with van der Waals surface area (Å²) in [6, 6.07) is 5.37. The van der Waals surface area contributed by atoms with Crippen molar-refractivity contribution in [3.8, 4) is 0 Å². The third-order valence-corrected chi connectivity index (χ3v) is 1.82.